The Morgan fingerprint density at radius 2 is 2.29 bits per heavy atom. The molecule has 0 aromatic carbocycles. The molecule has 0 bridgehead atoms. The van der Waals surface area contributed by atoms with E-state index in [1.165, 1.54) is 11.3 Å². The zero-order chi connectivity index (χ0) is 9.80. The summed E-state index contributed by atoms with van der Waals surface area (Å²) in [5.41, 5.74) is 3.50. The van der Waals surface area contributed by atoms with Crippen LogP contribution in [0.3, 0.4) is 0 Å². The lowest BCUT2D eigenvalue weighted by Crippen LogP contribution is -2.02. The molecule has 2 rings (SSSR count). The Hall–Kier alpha value is -1.56. The van der Waals surface area contributed by atoms with Crippen LogP contribution in [-0.4, -0.2) is 20.2 Å². The number of anilines is 1. The predicted molar refractivity (Wildman–Crippen MR) is 54.0 cm³/mol. The summed E-state index contributed by atoms with van der Waals surface area (Å²) in [6.07, 6.45) is 3.50. The first-order chi connectivity index (χ1) is 6.84. The molecule has 0 radical (unpaired) electrons. The van der Waals surface area contributed by atoms with Crippen LogP contribution in [0.2, 0.25) is 0 Å². The van der Waals surface area contributed by atoms with Crippen molar-refractivity contribution < 1.29 is 0 Å². The van der Waals surface area contributed by atoms with E-state index in [2.05, 4.69) is 25.5 Å². The lowest BCUT2D eigenvalue weighted by atomic mass is 10.4. The maximum atomic E-state index is 4.21. The van der Waals surface area contributed by atoms with Crippen LogP contribution >= 0.6 is 11.3 Å². The third-order valence-electron chi connectivity index (χ3n) is 1.62. The van der Waals surface area contributed by atoms with Crippen molar-refractivity contribution in [1.82, 2.24) is 20.2 Å². The summed E-state index contributed by atoms with van der Waals surface area (Å²) in [7, 11) is 0. The highest BCUT2D eigenvalue weighted by atomic mass is 32.1. The molecule has 6 heteroatoms. The van der Waals surface area contributed by atoms with Crippen molar-refractivity contribution in [2.75, 3.05) is 5.32 Å². The minimum absolute atomic E-state index is 0.627. The second-order valence-corrected chi connectivity index (χ2v) is 3.58. The van der Waals surface area contributed by atoms with E-state index >= 15 is 0 Å². The molecule has 0 aliphatic carbocycles. The quantitative estimate of drug-likeness (QED) is 0.820. The van der Waals surface area contributed by atoms with Gasteiger partial charge < -0.3 is 5.32 Å². The SMILES string of the molecule is Cc1cnc(CNc2nncs2)cn1. The molecule has 0 aliphatic heterocycles. The summed E-state index contributed by atoms with van der Waals surface area (Å²) < 4.78 is 0. The van der Waals surface area contributed by atoms with E-state index in [4.69, 9.17) is 0 Å². The van der Waals surface area contributed by atoms with Gasteiger partial charge in [-0.3, -0.25) is 9.97 Å². The normalized spacial score (nSPS) is 10.1. The van der Waals surface area contributed by atoms with E-state index in [1.54, 1.807) is 17.9 Å². The maximum absolute atomic E-state index is 4.21. The summed E-state index contributed by atoms with van der Waals surface area (Å²) in [5.74, 6) is 0. The standard InChI is InChI=1S/C8H9N5S/c1-6-2-10-7(3-9-6)4-11-8-13-12-5-14-8/h2-3,5H,4H2,1H3,(H,11,13). The second-order valence-electron chi connectivity index (χ2n) is 2.75. The monoisotopic (exact) mass is 207 g/mol. The molecule has 2 heterocycles. The Balaban J connectivity index is 1.95. The Labute approximate surface area is 85.3 Å². The Morgan fingerprint density at radius 1 is 1.36 bits per heavy atom. The summed E-state index contributed by atoms with van der Waals surface area (Å²) in [6, 6.07) is 0. The summed E-state index contributed by atoms with van der Waals surface area (Å²) >= 11 is 1.46. The molecule has 0 saturated heterocycles. The third kappa shape index (κ3) is 2.23. The van der Waals surface area contributed by atoms with Crippen LogP contribution in [-0.2, 0) is 6.54 Å². The lowest BCUT2D eigenvalue weighted by molar-refractivity contribution is 0.971. The van der Waals surface area contributed by atoms with Crippen molar-refractivity contribution in [2.45, 2.75) is 13.5 Å². The minimum Gasteiger partial charge on any atom is -0.354 e. The van der Waals surface area contributed by atoms with Gasteiger partial charge in [0.1, 0.15) is 5.51 Å². The molecule has 0 atom stereocenters. The summed E-state index contributed by atoms with van der Waals surface area (Å²) in [4.78, 5) is 8.35. The number of nitrogens with one attached hydrogen (secondary N) is 1. The average Bonchev–Trinajstić information content (AvgIpc) is 2.70. The van der Waals surface area contributed by atoms with Crippen LogP contribution in [0.1, 0.15) is 11.4 Å². The van der Waals surface area contributed by atoms with Gasteiger partial charge in [0.2, 0.25) is 5.13 Å². The smallest absolute Gasteiger partial charge is 0.205 e. The van der Waals surface area contributed by atoms with Crippen molar-refractivity contribution in [1.29, 1.82) is 0 Å². The summed E-state index contributed by atoms with van der Waals surface area (Å²) in [6.45, 7) is 2.54. The van der Waals surface area contributed by atoms with Gasteiger partial charge in [0.25, 0.3) is 0 Å². The molecule has 0 aliphatic rings. The second kappa shape index (κ2) is 4.10. The number of nitrogens with zero attached hydrogens (tertiary/aromatic N) is 4. The van der Waals surface area contributed by atoms with Crippen molar-refractivity contribution in [2.24, 2.45) is 0 Å². The molecule has 0 saturated carbocycles. The molecule has 0 amide bonds. The van der Waals surface area contributed by atoms with Crippen LogP contribution in [0.4, 0.5) is 5.13 Å². The van der Waals surface area contributed by atoms with Crippen molar-refractivity contribution in [3.63, 3.8) is 0 Å². The topological polar surface area (TPSA) is 63.6 Å². The Bertz CT molecular complexity index is 383. The minimum atomic E-state index is 0.627. The van der Waals surface area contributed by atoms with Gasteiger partial charge in [-0.1, -0.05) is 11.3 Å². The number of hydrogen-bond acceptors (Lipinski definition) is 6. The molecule has 2 aromatic rings. The lowest BCUT2D eigenvalue weighted by Gasteiger charge is -2.00. The highest BCUT2D eigenvalue weighted by molar-refractivity contribution is 7.13. The molecule has 72 valence electrons. The molecule has 2 aromatic heterocycles. The van der Waals surface area contributed by atoms with Gasteiger partial charge in [0.15, 0.2) is 0 Å². The molecule has 1 N–H and O–H groups in total. The van der Waals surface area contributed by atoms with Crippen molar-refractivity contribution >= 4 is 16.5 Å². The molecule has 0 unspecified atom stereocenters. The van der Waals surface area contributed by atoms with Crippen LogP contribution in [0.5, 0.6) is 0 Å². The number of aromatic nitrogens is 4. The van der Waals surface area contributed by atoms with E-state index in [1.807, 2.05) is 6.92 Å². The molecule has 0 spiro atoms. The van der Waals surface area contributed by atoms with E-state index in [9.17, 15) is 0 Å². The van der Waals surface area contributed by atoms with Gasteiger partial charge in [-0.25, -0.2) is 0 Å². The van der Waals surface area contributed by atoms with Crippen LogP contribution in [0.15, 0.2) is 17.9 Å². The van der Waals surface area contributed by atoms with Gasteiger partial charge in [-0.05, 0) is 6.92 Å². The molecular formula is C8H9N5S. The molecule has 5 nitrogen and oxygen atoms in total. The highest BCUT2D eigenvalue weighted by Gasteiger charge is 1.97. The molecule has 14 heavy (non-hydrogen) atoms. The zero-order valence-corrected chi connectivity index (χ0v) is 8.45. The number of rotatable bonds is 3. The van der Waals surface area contributed by atoms with E-state index < -0.39 is 0 Å². The van der Waals surface area contributed by atoms with E-state index in [-0.39, 0.29) is 0 Å². The maximum Gasteiger partial charge on any atom is 0.205 e. The fraction of sp³-hybridized carbons (Fsp3) is 0.250. The van der Waals surface area contributed by atoms with Crippen molar-refractivity contribution in [3.05, 3.63) is 29.3 Å². The predicted octanol–water partition coefficient (Wildman–Crippen LogP) is 1.25. The highest BCUT2D eigenvalue weighted by Crippen LogP contribution is 2.08. The Morgan fingerprint density at radius 3 is 2.93 bits per heavy atom. The zero-order valence-electron chi connectivity index (χ0n) is 7.64. The van der Waals surface area contributed by atoms with Gasteiger partial charge in [-0.2, -0.15) is 0 Å². The van der Waals surface area contributed by atoms with Crippen LogP contribution < -0.4 is 5.32 Å². The fourth-order valence-corrected chi connectivity index (χ4v) is 1.37. The first-order valence-corrected chi connectivity index (χ1v) is 5.00. The first-order valence-electron chi connectivity index (χ1n) is 4.12. The van der Waals surface area contributed by atoms with Crippen LogP contribution in [0, 0.1) is 6.92 Å². The van der Waals surface area contributed by atoms with Crippen LogP contribution in [0.25, 0.3) is 0 Å². The largest absolute Gasteiger partial charge is 0.354 e. The number of aryl methyl sites for hydroxylation is 1. The van der Waals surface area contributed by atoms with E-state index in [0.717, 1.165) is 16.5 Å². The Kier molecular flexibility index (Phi) is 2.64. The van der Waals surface area contributed by atoms with Gasteiger partial charge in [0, 0.05) is 6.20 Å². The molecular weight excluding hydrogens is 198 g/mol. The van der Waals surface area contributed by atoms with Gasteiger partial charge in [-0.15, -0.1) is 10.2 Å². The average molecular weight is 207 g/mol. The van der Waals surface area contributed by atoms with Gasteiger partial charge in [0.05, 0.1) is 24.1 Å². The summed E-state index contributed by atoms with van der Waals surface area (Å²) in [5, 5.41) is 11.5. The van der Waals surface area contributed by atoms with E-state index in [0.29, 0.717) is 6.54 Å². The number of hydrogen-bond donors (Lipinski definition) is 1. The molecule has 0 fully saturated rings. The fourth-order valence-electron chi connectivity index (χ4n) is 0.927. The van der Waals surface area contributed by atoms with Gasteiger partial charge >= 0.3 is 0 Å². The third-order valence-corrected chi connectivity index (χ3v) is 2.26. The van der Waals surface area contributed by atoms with Crippen molar-refractivity contribution in [3.8, 4) is 0 Å². The first kappa shape index (κ1) is 9.01.